The Kier molecular flexibility index (Phi) is 7.27. The molecule has 1 saturated carbocycles. The molecular weight excluding hydrogens is 394 g/mol. The van der Waals surface area contributed by atoms with Crippen LogP contribution >= 0.6 is 23.1 Å². The Labute approximate surface area is 173 Å². The molecule has 2 atom stereocenters. The van der Waals surface area contributed by atoms with Crippen LogP contribution in [0, 0.1) is 12.8 Å². The third-order valence-electron chi connectivity index (χ3n) is 4.80. The zero-order valence-electron chi connectivity index (χ0n) is 16.0. The maximum Gasteiger partial charge on any atom is 0.321 e. The third-order valence-corrected chi connectivity index (χ3v) is 6.77. The summed E-state index contributed by atoms with van der Waals surface area (Å²) in [6, 6.07) is 7.66. The molecule has 0 bridgehead atoms. The number of amides is 3. The molecular formula is C19H25N5O2S2. The van der Waals surface area contributed by atoms with Crippen molar-refractivity contribution in [1.29, 1.82) is 0 Å². The van der Waals surface area contributed by atoms with Crippen LogP contribution in [0.2, 0.25) is 0 Å². The molecule has 3 amide bonds. The highest BCUT2D eigenvalue weighted by molar-refractivity contribution is 8.01. The first-order valence-corrected chi connectivity index (χ1v) is 11.2. The fraction of sp³-hybridized carbons (Fsp3) is 0.474. The lowest BCUT2D eigenvalue weighted by atomic mass is 9.86. The number of para-hydroxylation sites is 1. The van der Waals surface area contributed by atoms with Gasteiger partial charge in [0.1, 0.15) is 0 Å². The quantitative estimate of drug-likeness (QED) is 0.611. The SMILES string of the molecule is Cc1ccccc1Nc1nnc(SCC(=O)NC(=O)N[C@H]2CCCC[C@@H]2C)s1. The molecule has 0 unspecified atom stereocenters. The van der Waals surface area contributed by atoms with Gasteiger partial charge in [-0.1, -0.05) is 61.1 Å². The number of nitrogens with one attached hydrogen (secondary N) is 3. The minimum absolute atomic E-state index is 0.118. The summed E-state index contributed by atoms with van der Waals surface area (Å²) < 4.78 is 0.674. The van der Waals surface area contributed by atoms with Gasteiger partial charge in [0.15, 0.2) is 4.34 Å². The Morgan fingerprint density at radius 1 is 1.21 bits per heavy atom. The molecule has 2 aromatic rings. The van der Waals surface area contributed by atoms with E-state index in [2.05, 4.69) is 33.1 Å². The average Bonchev–Trinajstić information content (AvgIpc) is 3.11. The predicted molar refractivity (Wildman–Crippen MR) is 113 cm³/mol. The summed E-state index contributed by atoms with van der Waals surface area (Å²) >= 11 is 2.64. The van der Waals surface area contributed by atoms with Crippen LogP contribution in [-0.2, 0) is 4.79 Å². The smallest absolute Gasteiger partial charge is 0.321 e. The zero-order valence-corrected chi connectivity index (χ0v) is 17.7. The zero-order chi connectivity index (χ0) is 19.9. The van der Waals surface area contributed by atoms with E-state index in [4.69, 9.17) is 0 Å². The fourth-order valence-electron chi connectivity index (χ4n) is 3.17. The van der Waals surface area contributed by atoms with Crippen LogP contribution in [0.15, 0.2) is 28.6 Å². The van der Waals surface area contributed by atoms with Crippen LogP contribution in [-0.4, -0.2) is 33.9 Å². The molecule has 9 heteroatoms. The number of benzene rings is 1. The lowest BCUT2D eigenvalue weighted by Gasteiger charge is -2.29. The second-order valence-corrected chi connectivity index (χ2v) is 9.19. The Morgan fingerprint density at radius 3 is 2.79 bits per heavy atom. The topological polar surface area (TPSA) is 96.0 Å². The summed E-state index contributed by atoms with van der Waals surface area (Å²) in [6.07, 6.45) is 4.41. The number of nitrogens with zero attached hydrogens (tertiary/aromatic N) is 2. The largest absolute Gasteiger partial charge is 0.335 e. The lowest BCUT2D eigenvalue weighted by Crippen LogP contribution is -2.48. The van der Waals surface area contributed by atoms with Gasteiger partial charge in [-0.25, -0.2) is 4.79 Å². The number of hydrogen-bond donors (Lipinski definition) is 3. The monoisotopic (exact) mass is 419 g/mol. The van der Waals surface area contributed by atoms with E-state index in [1.807, 2.05) is 31.2 Å². The Bertz CT molecular complexity index is 826. The molecule has 1 aliphatic rings. The number of thioether (sulfide) groups is 1. The molecule has 1 heterocycles. The molecule has 3 rings (SSSR count). The number of aromatic nitrogens is 2. The van der Waals surface area contributed by atoms with Gasteiger partial charge in [0.2, 0.25) is 11.0 Å². The normalized spacial score (nSPS) is 19.1. The van der Waals surface area contributed by atoms with E-state index in [-0.39, 0.29) is 17.7 Å². The van der Waals surface area contributed by atoms with Crippen LogP contribution in [0.4, 0.5) is 15.6 Å². The van der Waals surface area contributed by atoms with Crippen LogP contribution in [0.1, 0.15) is 38.2 Å². The fourth-order valence-corrected chi connectivity index (χ4v) is 4.74. The van der Waals surface area contributed by atoms with Crippen molar-refractivity contribution in [1.82, 2.24) is 20.8 Å². The van der Waals surface area contributed by atoms with Gasteiger partial charge in [-0.2, -0.15) is 0 Å². The summed E-state index contributed by atoms with van der Waals surface area (Å²) in [5.74, 6) is 0.228. The molecule has 1 fully saturated rings. The van der Waals surface area contributed by atoms with Crippen molar-refractivity contribution in [3.63, 3.8) is 0 Å². The van der Waals surface area contributed by atoms with Gasteiger partial charge in [0, 0.05) is 11.7 Å². The number of rotatable bonds is 6. The minimum atomic E-state index is -0.413. The maximum atomic E-state index is 12.0. The van der Waals surface area contributed by atoms with E-state index in [0.29, 0.717) is 15.4 Å². The minimum Gasteiger partial charge on any atom is -0.335 e. The summed E-state index contributed by atoms with van der Waals surface area (Å²) in [5.41, 5.74) is 2.09. The molecule has 7 nitrogen and oxygen atoms in total. The van der Waals surface area contributed by atoms with Crippen molar-refractivity contribution < 1.29 is 9.59 Å². The highest BCUT2D eigenvalue weighted by Crippen LogP contribution is 2.28. The molecule has 1 aromatic carbocycles. The molecule has 150 valence electrons. The van der Waals surface area contributed by atoms with E-state index in [1.54, 1.807) is 0 Å². The van der Waals surface area contributed by atoms with Crippen molar-refractivity contribution in [2.24, 2.45) is 5.92 Å². The second-order valence-electron chi connectivity index (χ2n) is 6.99. The average molecular weight is 420 g/mol. The van der Waals surface area contributed by atoms with E-state index >= 15 is 0 Å². The van der Waals surface area contributed by atoms with Crippen LogP contribution in [0.5, 0.6) is 0 Å². The van der Waals surface area contributed by atoms with Crippen molar-refractivity contribution in [3.8, 4) is 0 Å². The van der Waals surface area contributed by atoms with Crippen molar-refractivity contribution in [3.05, 3.63) is 29.8 Å². The van der Waals surface area contributed by atoms with Crippen LogP contribution < -0.4 is 16.0 Å². The first-order valence-electron chi connectivity index (χ1n) is 9.40. The number of carbonyl (C=O) groups excluding carboxylic acids is 2. The highest BCUT2D eigenvalue weighted by Gasteiger charge is 2.23. The number of aryl methyl sites for hydroxylation is 1. The molecule has 3 N–H and O–H groups in total. The molecule has 28 heavy (non-hydrogen) atoms. The van der Waals surface area contributed by atoms with E-state index in [9.17, 15) is 9.59 Å². The second kappa shape index (κ2) is 9.88. The van der Waals surface area contributed by atoms with Gasteiger partial charge in [-0.15, -0.1) is 10.2 Å². The van der Waals surface area contributed by atoms with Crippen molar-refractivity contribution in [2.45, 2.75) is 49.9 Å². The Hall–Kier alpha value is -2.13. The molecule has 1 aliphatic carbocycles. The number of hydrogen-bond acceptors (Lipinski definition) is 7. The Balaban J connectivity index is 1.43. The predicted octanol–water partition coefficient (Wildman–Crippen LogP) is 4.09. The van der Waals surface area contributed by atoms with Gasteiger partial charge < -0.3 is 10.6 Å². The van der Waals surface area contributed by atoms with Gasteiger partial charge >= 0.3 is 6.03 Å². The van der Waals surface area contributed by atoms with Crippen molar-refractivity contribution >= 4 is 45.9 Å². The first-order chi connectivity index (χ1) is 13.5. The van der Waals surface area contributed by atoms with Gasteiger partial charge in [-0.05, 0) is 37.3 Å². The van der Waals surface area contributed by atoms with E-state index in [1.165, 1.54) is 29.5 Å². The summed E-state index contributed by atoms with van der Waals surface area (Å²) in [4.78, 5) is 24.1. The number of carbonyl (C=O) groups is 2. The standard InChI is InChI=1S/C19H25N5O2S2/c1-12-7-3-5-9-14(12)20-17(26)22-16(25)11-27-19-24-23-18(28-19)21-15-10-6-4-8-13(15)2/h4,6,8,10,12,14H,3,5,7,9,11H2,1-2H3,(H,21,23)(H2,20,22,25,26)/t12-,14-/m0/s1. The number of urea groups is 1. The lowest BCUT2D eigenvalue weighted by molar-refractivity contribution is -0.117. The first kappa shape index (κ1) is 20.6. The van der Waals surface area contributed by atoms with E-state index in [0.717, 1.165) is 30.5 Å². The van der Waals surface area contributed by atoms with E-state index < -0.39 is 6.03 Å². The summed E-state index contributed by atoms with van der Waals surface area (Å²) in [5, 5.41) is 17.4. The summed E-state index contributed by atoms with van der Waals surface area (Å²) in [6.45, 7) is 4.16. The molecule has 0 aliphatic heterocycles. The maximum absolute atomic E-state index is 12.0. The molecule has 0 spiro atoms. The van der Waals surface area contributed by atoms with Crippen LogP contribution in [0.25, 0.3) is 0 Å². The number of imide groups is 1. The van der Waals surface area contributed by atoms with Gasteiger partial charge in [-0.3, -0.25) is 10.1 Å². The molecule has 0 radical (unpaired) electrons. The van der Waals surface area contributed by atoms with Crippen LogP contribution in [0.3, 0.4) is 0 Å². The molecule has 1 aromatic heterocycles. The van der Waals surface area contributed by atoms with Gasteiger partial charge in [0.25, 0.3) is 0 Å². The number of anilines is 2. The summed E-state index contributed by atoms with van der Waals surface area (Å²) in [7, 11) is 0. The molecule has 0 saturated heterocycles. The highest BCUT2D eigenvalue weighted by atomic mass is 32.2. The third kappa shape index (κ3) is 5.93. The van der Waals surface area contributed by atoms with Gasteiger partial charge in [0.05, 0.1) is 5.75 Å². The Morgan fingerprint density at radius 2 is 2.00 bits per heavy atom. The van der Waals surface area contributed by atoms with Crippen molar-refractivity contribution in [2.75, 3.05) is 11.1 Å².